The van der Waals surface area contributed by atoms with E-state index in [2.05, 4.69) is 10.6 Å². The molecule has 0 aromatic carbocycles. The van der Waals surface area contributed by atoms with Gasteiger partial charge in [0.2, 0.25) is 27.7 Å². The van der Waals surface area contributed by atoms with E-state index in [1.54, 1.807) is 0 Å². The van der Waals surface area contributed by atoms with Gasteiger partial charge in [-0.25, -0.2) is 8.42 Å². The van der Waals surface area contributed by atoms with Crippen LogP contribution in [0.2, 0.25) is 0 Å². The molecule has 28 heavy (non-hydrogen) atoms. The molecule has 1 aliphatic carbocycles. The highest BCUT2D eigenvalue weighted by Gasteiger charge is 2.31. The summed E-state index contributed by atoms with van der Waals surface area (Å²) in [6.45, 7) is 10.2. The fraction of sp³-hybridized carbons (Fsp3) is 0.842. The number of hydrogen-bond donors (Lipinski definition) is 3. The third-order valence-electron chi connectivity index (χ3n) is 4.82. The summed E-state index contributed by atoms with van der Waals surface area (Å²) in [4.78, 5) is 36.1. The van der Waals surface area contributed by atoms with E-state index >= 15 is 0 Å². The third kappa shape index (κ3) is 7.41. The molecule has 0 aliphatic heterocycles. The average molecular weight is 418 g/mol. The normalized spacial score (nSPS) is 20.9. The zero-order valence-corrected chi connectivity index (χ0v) is 18.7. The van der Waals surface area contributed by atoms with Crippen molar-refractivity contribution in [3.8, 4) is 0 Å². The molecule has 3 N–H and O–H groups in total. The van der Waals surface area contributed by atoms with E-state index in [4.69, 9.17) is 0 Å². The molecule has 0 unspecified atom stereocenters. The van der Waals surface area contributed by atoms with Gasteiger partial charge in [-0.1, -0.05) is 20.8 Å². The fourth-order valence-electron chi connectivity index (χ4n) is 2.70. The van der Waals surface area contributed by atoms with Gasteiger partial charge in [-0.2, -0.15) is 0 Å². The highest BCUT2D eigenvalue weighted by molar-refractivity contribution is 7.91. The maximum absolute atomic E-state index is 12.3. The van der Waals surface area contributed by atoms with E-state index in [0.717, 1.165) is 12.8 Å². The maximum atomic E-state index is 12.3. The zero-order valence-electron chi connectivity index (χ0n) is 17.8. The van der Waals surface area contributed by atoms with Gasteiger partial charge in [0.25, 0.3) is 0 Å². The number of carbonyl (C=O) groups excluding carboxylic acids is 3. The van der Waals surface area contributed by atoms with E-state index in [0.29, 0.717) is 12.8 Å². The standard InChI is InChI=1S/C19H35N3O5S/c1-18(2,3)17(25)21-14-9-7-13(8-10-14)16(24)20-12-11-15(23)22-28(26,27)19(4,5)6/h13-14H,7-12H2,1-6H3,(H,20,24)(H,21,25)(H,22,23). The average Bonchev–Trinajstić information content (AvgIpc) is 2.52. The van der Waals surface area contributed by atoms with Crippen LogP contribution >= 0.6 is 0 Å². The first-order valence-electron chi connectivity index (χ1n) is 9.77. The molecule has 0 aromatic heterocycles. The molecule has 1 rings (SSSR count). The van der Waals surface area contributed by atoms with Crippen molar-refractivity contribution in [1.29, 1.82) is 0 Å². The fourth-order valence-corrected chi connectivity index (χ4v) is 3.41. The molecule has 0 atom stereocenters. The molecule has 0 saturated heterocycles. The Labute approximate surface area is 168 Å². The van der Waals surface area contributed by atoms with Crippen molar-refractivity contribution in [2.75, 3.05) is 6.54 Å². The van der Waals surface area contributed by atoms with Crippen molar-refractivity contribution in [3.05, 3.63) is 0 Å². The Balaban J connectivity index is 2.34. The van der Waals surface area contributed by atoms with Gasteiger partial charge >= 0.3 is 0 Å². The molecule has 0 aromatic rings. The molecule has 162 valence electrons. The second kappa shape index (κ2) is 9.24. The van der Waals surface area contributed by atoms with Gasteiger partial charge in [-0.3, -0.25) is 19.1 Å². The van der Waals surface area contributed by atoms with E-state index in [1.807, 2.05) is 25.5 Å². The second-order valence-electron chi connectivity index (χ2n) is 9.45. The van der Waals surface area contributed by atoms with Crippen LogP contribution < -0.4 is 15.4 Å². The summed E-state index contributed by atoms with van der Waals surface area (Å²) in [6, 6.07) is 0.0872. The Kier molecular flexibility index (Phi) is 8.05. The molecule has 1 aliphatic rings. The number of nitrogens with one attached hydrogen (secondary N) is 3. The van der Waals surface area contributed by atoms with Gasteiger partial charge in [-0.15, -0.1) is 0 Å². The lowest BCUT2D eigenvalue weighted by Crippen LogP contribution is -2.45. The molecule has 1 fully saturated rings. The summed E-state index contributed by atoms with van der Waals surface area (Å²) in [6.07, 6.45) is 2.73. The summed E-state index contributed by atoms with van der Waals surface area (Å²) >= 11 is 0. The van der Waals surface area contributed by atoms with Crippen molar-refractivity contribution in [2.24, 2.45) is 11.3 Å². The van der Waals surface area contributed by atoms with Gasteiger partial charge in [0.05, 0.1) is 4.75 Å². The highest BCUT2D eigenvalue weighted by Crippen LogP contribution is 2.25. The van der Waals surface area contributed by atoms with Crippen LogP contribution in [0.15, 0.2) is 0 Å². The van der Waals surface area contributed by atoms with E-state index in [9.17, 15) is 22.8 Å². The lowest BCUT2D eigenvalue weighted by Gasteiger charge is -2.30. The van der Waals surface area contributed by atoms with Crippen molar-refractivity contribution < 1.29 is 22.8 Å². The predicted molar refractivity (Wildman–Crippen MR) is 108 cm³/mol. The third-order valence-corrected chi connectivity index (χ3v) is 6.93. The first kappa shape index (κ1) is 24.4. The van der Waals surface area contributed by atoms with Crippen LogP contribution in [-0.2, 0) is 24.4 Å². The van der Waals surface area contributed by atoms with Gasteiger partial charge in [-0.05, 0) is 46.5 Å². The molecular weight excluding hydrogens is 382 g/mol. The summed E-state index contributed by atoms with van der Waals surface area (Å²) in [7, 11) is -3.74. The quantitative estimate of drug-likeness (QED) is 0.604. The van der Waals surface area contributed by atoms with Crippen LogP contribution in [0.5, 0.6) is 0 Å². The van der Waals surface area contributed by atoms with Crippen molar-refractivity contribution in [2.45, 2.75) is 84.4 Å². The molecule has 3 amide bonds. The first-order valence-corrected chi connectivity index (χ1v) is 11.3. The van der Waals surface area contributed by atoms with Crippen LogP contribution in [0.25, 0.3) is 0 Å². The minimum absolute atomic E-state index is 0.0108. The zero-order chi connectivity index (χ0) is 21.8. The largest absolute Gasteiger partial charge is 0.355 e. The minimum Gasteiger partial charge on any atom is -0.355 e. The predicted octanol–water partition coefficient (Wildman–Crippen LogP) is 1.46. The summed E-state index contributed by atoms with van der Waals surface area (Å²) < 4.78 is 24.8. The minimum atomic E-state index is -3.74. The molecule has 1 saturated carbocycles. The molecule has 8 nitrogen and oxygen atoms in total. The number of sulfonamides is 1. The van der Waals surface area contributed by atoms with Gasteiger partial charge in [0, 0.05) is 30.3 Å². The molecule has 0 spiro atoms. The topological polar surface area (TPSA) is 121 Å². The highest BCUT2D eigenvalue weighted by atomic mass is 32.2. The smallest absolute Gasteiger partial charge is 0.239 e. The van der Waals surface area contributed by atoms with E-state index < -0.39 is 26.1 Å². The molecule has 0 heterocycles. The van der Waals surface area contributed by atoms with Gasteiger partial charge in [0.15, 0.2) is 0 Å². The Hall–Kier alpha value is -1.64. The molecule has 0 bridgehead atoms. The Bertz CT molecular complexity index is 681. The Morgan fingerprint density at radius 1 is 0.929 bits per heavy atom. The van der Waals surface area contributed by atoms with E-state index in [1.165, 1.54) is 20.8 Å². The van der Waals surface area contributed by atoms with Crippen molar-refractivity contribution in [3.63, 3.8) is 0 Å². The van der Waals surface area contributed by atoms with Crippen LogP contribution in [0.4, 0.5) is 0 Å². The van der Waals surface area contributed by atoms with Crippen LogP contribution in [0.3, 0.4) is 0 Å². The SMILES string of the molecule is CC(C)(C)C(=O)NC1CCC(C(=O)NCCC(=O)NS(=O)(=O)C(C)(C)C)CC1. The number of hydrogen-bond acceptors (Lipinski definition) is 5. The van der Waals surface area contributed by atoms with Crippen LogP contribution in [0, 0.1) is 11.3 Å². The van der Waals surface area contributed by atoms with Crippen LogP contribution in [0.1, 0.15) is 73.6 Å². The Morgan fingerprint density at radius 3 is 1.93 bits per heavy atom. The number of amides is 3. The summed E-state index contributed by atoms with van der Waals surface area (Å²) in [5.41, 5.74) is -0.435. The van der Waals surface area contributed by atoms with Crippen LogP contribution in [-0.4, -0.2) is 43.5 Å². The van der Waals surface area contributed by atoms with Gasteiger partial charge in [0.1, 0.15) is 0 Å². The lowest BCUT2D eigenvalue weighted by atomic mass is 9.84. The van der Waals surface area contributed by atoms with Crippen molar-refractivity contribution in [1.82, 2.24) is 15.4 Å². The summed E-state index contributed by atoms with van der Waals surface area (Å²) in [5.74, 6) is -0.906. The van der Waals surface area contributed by atoms with Crippen molar-refractivity contribution >= 4 is 27.7 Å². The maximum Gasteiger partial charge on any atom is 0.239 e. The molecule has 0 radical (unpaired) electrons. The lowest BCUT2D eigenvalue weighted by molar-refractivity contribution is -0.129. The monoisotopic (exact) mass is 417 g/mol. The molecular formula is C19H35N3O5S. The van der Waals surface area contributed by atoms with Gasteiger partial charge < -0.3 is 10.6 Å². The second-order valence-corrected chi connectivity index (χ2v) is 11.9. The molecule has 9 heteroatoms. The number of rotatable bonds is 6. The van der Waals surface area contributed by atoms with E-state index in [-0.39, 0.29) is 36.7 Å². The number of carbonyl (C=O) groups is 3. The Morgan fingerprint density at radius 2 is 1.46 bits per heavy atom. The first-order chi connectivity index (χ1) is 12.6. The summed E-state index contributed by atoms with van der Waals surface area (Å²) in [5, 5.41) is 5.74.